The predicted molar refractivity (Wildman–Crippen MR) is 55.9 cm³/mol. The number of nitrogens with two attached hydrogens (primary N) is 1. The van der Waals surface area contributed by atoms with Crippen molar-refractivity contribution >= 4 is 18.1 Å². The lowest BCUT2D eigenvalue weighted by molar-refractivity contribution is 1.06. The van der Waals surface area contributed by atoms with E-state index in [-0.39, 0.29) is 12.4 Å². The molecule has 12 heavy (non-hydrogen) atoms. The molecule has 0 unspecified atom stereocenters. The molecule has 68 valence electrons. The standard InChI is InChI=1S/C9H14N2.ClH/c1-11(2)9-5-3-4-8(6-9)7-10;/h3-6H,7,10H2,1-2H3;1H. The van der Waals surface area contributed by atoms with Crippen LogP contribution in [-0.4, -0.2) is 14.1 Å². The van der Waals surface area contributed by atoms with Crippen molar-refractivity contribution in [1.29, 1.82) is 0 Å². The van der Waals surface area contributed by atoms with Gasteiger partial charge in [-0.3, -0.25) is 0 Å². The fourth-order valence-electron chi connectivity index (χ4n) is 0.962. The van der Waals surface area contributed by atoms with Crippen LogP contribution in [0.25, 0.3) is 0 Å². The van der Waals surface area contributed by atoms with Crippen LogP contribution in [0.5, 0.6) is 0 Å². The molecule has 0 atom stereocenters. The van der Waals surface area contributed by atoms with Crippen molar-refractivity contribution in [3.8, 4) is 0 Å². The lowest BCUT2D eigenvalue weighted by Crippen LogP contribution is -2.09. The van der Waals surface area contributed by atoms with E-state index in [1.165, 1.54) is 11.3 Å². The van der Waals surface area contributed by atoms with Gasteiger partial charge in [0.05, 0.1) is 0 Å². The summed E-state index contributed by atoms with van der Waals surface area (Å²) in [7, 11) is 4.05. The first-order chi connectivity index (χ1) is 5.24. The molecule has 0 saturated carbocycles. The number of hydrogen-bond acceptors (Lipinski definition) is 2. The van der Waals surface area contributed by atoms with E-state index in [2.05, 4.69) is 17.0 Å². The van der Waals surface area contributed by atoms with Crippen LogP contribution < -0.4 is 10.6 Å². The van der Waals surface area contributed by atoms with E-state index in [9.17, 15) is 0 Å². The summed E-state index contributed by atoms with van der Waals surface area (Å²) in [5, 5.41) is 0. The van der Waals surface area contributed by atoms with Crippen LogP contribution in [-0.2, 0) is 6.54 Å². The van der Waals surface area contributed by atoms with Crippen LogP contribution in [0.1, 0.15) is 5.56 Å². The summed E-state index contributed by atoms with van der Waals surface area (Å²) in [4.78, 5) is 2.07. The molecule has 2 nitrogen and oxygen atoms in total. The lowest BCUT2D eigenvalue weighted by Gasteiger charge is -2.12. The Morgan fingerprint density at radius 3 is 2.50 bits per heavy atom. The molecule has 0 amide bonds. The Morgan fingerprint density at radius 2 is 2.00 bits per heavy atom. The molecule has 0 radical (unpaired) electrons. The fourth-order valence-corrected chi connectivity index (χ4v) is 0.962. The van der Waals surface area contributed by atoms with Gasteiger partial charge >= 0.3 is 0 Å². The van der Waals surface area contributed by atoms with Gasteiger partial charge in [-0.1, -0.05) is 12.1 Å². The maximum absolute atomic E-state index is 5.50. The Hall–Kier alpha value is -0.730. The first-order valence-electron chi connectivity index (χ1n) is 3.70. The van der Waals surface area contributed by atoms with Gasteiger partial charge in [-0.2, -0.15) is 0 Å². The Morgan fingerprint density at radius 1 is 1.33 bits per heavy atom. The maximum Gasteiger partial charge on any atom is 0.0364 e. The van der Waals surface area contributed by atoms with E-state index in [4.69, 9.17) is 5.73 Å². The van der Waals surface area contributed by atoms with E-state index in [0.717, 1.165) is 0 Å². The van der Waals surface area contributed by atoms with Crippen LogP contribution in [0.3, 0.4) is 0 Å². The molecular formula is C9H15ClN2. The van der Waals surface area contributed by atoms with Gasteiger partial charge in [-0.05, 0) is 17.7 Å². The fraction of sp³-hybridized carbons (Fsp3) is 0.333. The molecule has 1 aromatic carbocycles. The van der Waals surface area contributed by atoms with Crippen LogP contribution in [0.4, 0.5) is 5.69 Å². The molecule has 0 aliphatic carbocycles. The van der Waals surface area contributed by atoms with Crippen molar-refractivity contribution in [2.24, 2.45) is 5.73 Å². The van der Waals surface area contributed by atoms with Gasteiger partial charge in [0.2, 0.25) is 0 Å². The normalized spacial score (nSPS) is 8.92. The number of anilines is 1. The molecule has 0 aliphatic rings. The Bertz CT molecular complexity index is 236. The molecule has 0 heterocycles. The first-order valence-corrected chi connectivity index (χ1v) is 3.70. The van der Waals surface area contributed by atoms with E-state index in [1.54, 1.807) is 0 Å². The van der Waals surface area contributed by atoms with Crippen LogP contribution in [0.2, 0.25) is 0 Å². The van der Waals surface area contributed by atoms with Gasteiger partial charge in [0.25, 0.3) is 0 Å². The SMILES string of the molecule is CN(C)c1cccc(CN)c1.Cl. The number of benzene rings is 1. The van der Waals surface area contributed by atoms with Crippen LogP contribution >= 0.6 is 12.4 Å². The molecule has 3 heteroatoms. The van der Waals surface area contributed by atoms with Gasteiger partial charge in [0.15, 0.2) is 0 Å². The average molecular weight is 187 g/mol. The highest BCUT2D eigenvalue weighted by atomic mass is 35.5. The number of nitrogens with zero attached hydrogens (tertiary/aromatic N) is 1. The summed E-state index contributed by atoms with van der Waals surface area (Å²) in [5.41, 5.74) is 7.88. The molecular weight excluding hydrogens is 172 g/mol. The van der Waals surface area contributed by atoms with Gasteiger partial charge in [0, 0.05) is 26.3 Å². The maximum atomic E-state index is 5.50. The Kier molecular flexibility index (Phi) is 4.71. The average Bonchev–Trinajstić information content (AvgIpc) is 2.05. The van der Waals surface area contributed by atoms with E-state index >= 15 is 0 Å². The molecule has 1 rings (SSSR count). The highest BCUT2D eigenvalue weighted by Gasteiger charge is 1.94. The highest BCUT2D eigenvalue weighted by molar-refractivity contribution is 5.85. The van der Waals surface area contributed by atoms with Gasteiger partial charge < -0.3 is 10.6 Å². The zero-order chi connectivity index (χ0) is 8.27. The monoisotopic (exact) mass is 186 g/mol. The van der Waals surface area contributed by atoms with Crippen LogP contribution in [0, 0.1) is 0 Å². The summed E-state index contributed by atoms with van der Waals surface area (Å²) in [6.07, 6.45) is 0. The molecule has 0 aliphatic heterocycles. The predicted octanol–water partition coefficient (Wildman–Crippen LogP) is 1.63. The van der Waals surface area contributed by atoms with E-state index in [1.807, 2.05) is 26.2 Å². The zero-order valence-corrected chi connectivity index (χ0v) is 8.27. The van der Waals surface area contributed by atoms with Crippen molar-refractivity contribution < 1.29 is 0 Å². The van der Waals surface area contributed by atoms with Gasteiger partial charge in [0.1, 0.15) is 0 Å². The third kappa shape index (κ3) is 2.72. The Balaban J connectivity index is 0.00000121. The summed E-state index contributed by atoms with van der Waals surface area (Å²) in [6, 6.07) is 8.23. The molecule has 0 bridgehead atoms. The van der Waals surface area contributed by atoms with Crippen molar-refractivity contribution in [2.45, 2.75) is 6.54 Å². The number of halogens is 1. The molecule has 1 aromatic rings. The second-order valence-electron chi connectivity index (χ2n) is 2.77. The second-order valence-corrected chi connectivity index (χ2v) is 2.77. The molecule has 2 N–H and O–H groups in total. The minimum atomic E-state index is 0. The quantitative estimate of drug-likeness (QED) is 0.761. The Labute approximate surface area is 79.8 Å². The minimum absolute atomic E-state index is 0. The highest BCUT2D eigenvalue weighted by Crippen LogP contribution is 2.12. The lowest BCUT2D eigenvalue weighted by atomic mass is 10.2. The summed E-state index contributed by atoms with van der Waals surface area (Å²) >= 11 is 0. The van der Waals surface area contributed by atoms with Crippen LogP contribution in [0.15, 0.2) is 24.3 Å². The molecule has 0 spiro atoms. The summed E-state index contributed by atoms with van der Waals surface area (Å²) in [6.45, 7) is 0.613. The topological polar surface area (TPSA) is 29.3 Å². The third-order valence-corrected chi connectivity index (χ3v) is 1.66. The number of hydrogen-bond donors (Lipinski definition) is 1. The molecule has 0 saturated heterocycles. The largest absolute Gasteiger partial charge is 0.378 e. The van der Waals surface area contributed by atoms with Crippen molar-refractivity contribution in [3.63, 3.8) is 0 Å². The minimum Gasteiger partial charge on any atom is -0.378 e. The van der Waals surface area contributed by atoms with Gasteiger partial charge in [-0.25, -0.2) is 0 Å². The molecule has 0 fully saturated rings. The van der Waals surface area contributed by atoms with Gasteiger partial charge in [-0.15, -0.1) is 12.4 Å². The zero-order valence-electron chi connectivity index (χ0n) is 7.45. The number of rotatable bonds is 2. The summed E-state index contributed by atoms with van der Waals surface area (Å²) in [5.74, 6) is 0. The molecule has 0 aromatic heterocycles. The third-order valence-electron chi connectivity index (χ3n) is 1.66. The second kappa shape index (κ2) is 5.01. The van der Waals surface area contributed by atoms with Crippen molar-refractivity contribution in [3.05, 3.63) is 29.8 Å². The smallest absolute Gasteiger partial charge is 0.0364 e. The van der Waals surface area contributed by atoms with E-state index < -0.39 is 0 Å². The van der Waals surface area contributed by atoms with Crippen molar-refractivity contribution in [1.82, 2.24) is 0 Å². The van der Waals surface area contributed by atoms with E-state index in [0.29, 0.717) is 6.54 Å². The first kappa shape index (κ1) is 11.3. The summed E-state index contributed by atoms with van der Waals surface area (Å²) < 4.78 is 0. The van der Waals surface area contributed by atoms with Crippen molar-refractivity contribution in [2.75, 3.05) is 19.0 Å².